The molecule has 2 aromatic heterocycles. The third-order valence-electron chi connectivity index (χ3n) is 3.34. The quantitative estimate of drug-likeness (QED) is 0.603. The molecule has 25 heavy (non-hydrogen) atoms. The largest absolute Gasteiger partial charge is 0.350 e. The number of hydrogen-bond acceptors (Lipinski definition) is 5. The van der Waals surface area contributed by atoms with E-state index < -0.39 is 0 Å². The lowest BCUT2D eigenvalue weighted by Gasteiger charge is -2.04. The molecular formula is C18H16ClN3OS2. The summed E-state index contributed by atoms with van der Waals surface area (Å²) >= 11 is 9.18. The Hall–Kier alpha value is -1.89. The lowest BCUT2D eigenvalue weighted by molar-refractivity contribution is 0.0960. The van der Waals surface area contributed by atoms with Crippen LogP contribution in [0, 0.1) is 0 Å². The van der Waals surface area contributed by atoms with Crippen LogP contribution in [0.3, 0.4) is 0 Å². The van der Waals surface area contributed by atoms with Crippen LogP contribution in [0.5, 0.6) is 0 Å². The van der Waals surface area contributed by atoms with E-state index in [1.54, 1.807) is 24.2 Å². The maximum absolute atomic E-state index is 12.3. The van der Waals surface area contributed by atoms with Crippen LogP contribution in [0.25, 0.3) is 10.6 Å². The summed E-state index contributed by atoms with van der Waals surface area (Å²) in [5.74, 6) is 1.59. The van der Waals surface area contributed by atoms with Gasteiger partial charge in [0.05, 0.1) is 0 Å². The highest BCUT2D eigenvalue weighted by Crippen LogP contribution is 2.30. The van der Waals surface area contributed by atoms with Gasteiger partial charge in [-0.2, -0.15) is 11.8 Å². The number of rotatable bonds is 7. The first-order chi connectivity index (χ1) is 12.2. The van der Waals surface area contributed by atoms with Gasteiger partial charge in [-0.1, -0.05) is 41.9 Å². The SMILES string of the molecule is O=C(NCCSCc1ccccc1)c1sc(-c2cccnc2)nc1Cl. The van der Waals surface area contributed by atoms with Crippen molar-refractivity contribution in [1.82, 2.24) is 15.3 Å². The maximum atomic E-state index is 12.3. The number of hydrogen-bond donors (Lipinski definition) is 1. The third kappa shape index (κ3) is 5.04. The number of thiazole rings is 1. The van der Waals surface area contributed by atoms with Gasteiger partial charge in [-0.15, -0.1) is 11.3 Å². The van der Waals surface area contributed by atoms with Crippen molar-refractivity contribution in [2.75, 3.05) is 12.3 Å². The first-order valence-corrected chi connectivity index (χ1v) is 10.1. The van der Waals surface area contributed by atoms with Gasteiger partial charge in [-0.05, 0) is 17.7 Å². The predicted molar refractivity (Wildman–Crippen MR) is 105 cm³/mol. The summed E-state index contributed by atoms with van der Waals surface area (Å²) in [6, 6.07) is 14.0. The summed E-state index contributed by atoms with van der Waals surface area (Å²) in [4.78, 5) is 21.1. The number of aromatic nitrogens is 2. The minimum atomic E-state index is -0.182. The lowest BCUT2D eigenvalue weighted by Crippen LogP contribution is -2.25. The molecule has 0 aliphatic heterocycles. The van der Waals surface area contributed by atoms with Gasteiger partial charge in [-0.25, -0.2) is 4.98 Å². The summed E-state index contributed by atoms with van der Waals surface area (Å²) < 4.78 is 0. The third-order valence-corrected chi connectivity index (χ3v) is 5.86. The van der Waals surface area contributed by atoms with Crippen molar-refractivity contribution < 1.29 is 4.79 Å². The van der Waals surface area contributed by atoms with Gasteiger partial charge >= 0.3 is 0 Å². The van der Waals surface area contributed by atoms with Crippen LogP contribution in [0.4, 0.5) is 0 Å². The van der Waals surface area contributed by atoms with E-state index in [0.717, 1.165) is 17.1 Å². The fourth-order valence-electron chi connectivity index (χ4n) is 2.14. The number of pyridine rings is 1. The zero-order valence-corrected chi connectivity index (χ0v) is 15.7. The van der Waals surface area contributed by atoms with E-state index in [4.69, 9.17) is 11.6 Å². The van der Waals surface area contributed by atoms with E-state index in [0.29, 0.717) is 16.4 Å². The van der Waals surface area contributed by atoms with Crippen molar-refractivity contribution >= 4 is 40.6 Å². The fourth-order valence-corrected chi connectivity index (χ4v) is 4.15. The Morgan fingerprint density at radius 1 is 1.20 bits per heavy atom. The molecule has 1 amide bonds. The van der Waals surface area contributed by atoms with Gasteiger partial charge in [0.2, 0.25) is 0 Å². The average molecular weight is 390 g/mol. The van der Waals surface area contributed by atoms with Crippen LogP contribution >= 0.6 is 34.7 Å². The lowest BCUT2D eigenvalue weighted by atomic mass is 10.2. The minimum absolute atomic E-state index is 0.182. The number of amides is 1. The van der Waals surface area contributed by atoms with Gasteiger partial charge in [0.1, 0.15) is 9.88 Å². The summed E-state index contributed by atoms with van der Waals surface area (Å²) in [6.07, 6.45) is 3.40. The normalized spacial score (nSPS) is 10.6. The molecule has 0 radical (unpaired) electrons. The molecule has 7 heteroatoms. The summed E-state index contributed by atoms with van der Waals surface area (Å²) in [7, 11) is 0. The zero-order valence-electron chi connectivity index (χ0n) is 13.3. The molecule has 0 saturated heterocycles. The summed E-state index contributed by atoms with van der Waals surface area (Å²) in [6.45, 7) is 0.590. The number of carbonyl (C=O) groups is 1. The Labute approximate surface area is 159 Å². The molecule has 0 fully saturated rings. The number of nitrogens with one attached hydrogen (secondary N) is 1. The van der Waals surface area contributed by atoms with Crippen molar-refractivity contribution in [2.45, 2.75) is 5.75 Å². The number of carbonyl (C=O) groups excluding carboxylic acids is 1. The molecule has 1 N–H and O–H groups in total. The van der Waals surface area contributed by atoms with Crippen LogP contribution in [0.1, 0.15) is 15.2 Å². The van der Waals surface area contributed by atoms with Crippen molar-refractivity contribution in [2.24, 2.45) is 0 Å². The minimum Gasteiger partial charge on any atom is -0.350 e. The van der Waals surface area contributed by atoms with E-state index in [1.807, 2.05) is 30.3 Å². The Morgan fingerprint density at radius 2 is 2.04 bits per heavy atom. The average Bonchev–Trinajstić information content (AvgIpc) is 3.05. The van der Waals surface area contributed by atoms with Crippen molar-refractivity contribution in [3.63, 3.8) is 0 Å². The second-order valence-electron chi connectivity index (χ2n) is 5.17. The molecule has 0 unspecified atom stereocenters. The molecule has 3 aromatic rings. The van der Waals surface area contributed by atoms with Gasteiger partial charge in [0.25, 0.3) is 5.91 Å². The van der Waals surface area contributed by atoms with E-state index in [1.165, 1.54) is 16.9 Å². The van der Waals surface area contributed by atoms with Crippen molar-refractivity contribution in [3.8, 4) is 10.6 Å². The molecule has 0 atom stereocenters. The van der Waals surface area contributed by atoms with Crippen LogP contribution < -0.4 is 5.32 Å². The van der Waals surface area contributed by atoms with Gasteiger partial charge in [-0.3, -0.25) is 9.78 Å². The van der Waals surface area contributed by atoms with Crippen LogP contribution in [-0.4, -0.2) is 28.2 Å². The highest BCUT2D eigenvalue weighted by atomic mass is 35.5. The standard InChI is InChI=1S/C18H16ClN3OS2/c19-16-15(25-18(22-16)14-7-4-8-20-11-14)17(23)21-9-10-24-12-13-5-2-1-3-6-13/h1-8,11H,9-10,12H2,(H,21,23). The van der Waals surface area contributed by atoms with E-state index in [-0.39, 0.29) is 11.1 Å². The first kappa shape index (κ1) is 17.9. The molecule has 0 bridgehead atoms. The summed E-state index contributed by atoms with van der Waals surface area (Å²) in [5.41, 5.74) is 2.14. The molecule has 0 aliphatic rings. The van der Waals surface area contributed by atoms with E-state index in [9.17, 15) is 4.79 Å². The first-order valence-electron chi connectivity index (χ1n) is 7.70. The zero-order chi connectivity index (χ0) is 17.5. The molecule has 0 saturated carbocycles. The van der Waals surface area contributed by atoms with Gasteiger partial charge < -0.3 is 5.32 Å². The van der Waals surface area contributed by atoms with Crippen LogP contribution in [0.15, 0.2) is 54.9 Å². The van der Waals surface area contributed by atoms with Gasteiger partial charge in [0, 0.05) is 36.0 Å². The Bertz CT molecular complexity index is 825. The Balaban J connectivity index is 1.49. The molecule has 128 valence electrons. The molecule has 0 aliphatic carbocycles. The van der Waals surface area contributed by atoms with Crippen LogP contribution in [-0.2, 0) is 5.75 Å². The molecule has 2 heterocycles. The number of benzene rings is 1. The summed E-state index contributed by atoms with van der Waals surface area (Å²) in [5, 5.41) is 3.83. The second kappa shape index (κ2) is 8.99. The highest BCUT2D eigenvalue weighted by Gasteiger charge is 2.17. The van der Waals surface area contributed by atoms with E-state index in [2.05, 4.69) is 27.4 Å². The number of halogens is 1. The number of thioether (sulfide) groups is 1. The van der Waals surface area contributed by atoms with Gasteiger partial charge in [0.15, 0.2) is 5.15 Å². The van der Waals surface area contributed by atoms with Crippen molar-refractivity contribution in [1.29, 1.82) is 0 Å². The Kier molecular flexibility index (Phi) is 6.44. The molecule has 1 aromatic carbocycles. The molecule has 4 nitrogen and oxygen atoms in total. The topological polar surface area (TPSA) is 54.9 Å². The fraction of sp³-hybridized carbons (Fsp3) is 0.167. The molecule has 3 rings (SSSR count). The monoisotopic (exact) mass is 389 g/mol. The van der Waals surface area contributed by atoms with Crippen molar-refractivity contribution in [3.05, 3.63) is 70.5 Å². The van der Waals surface area contributed by atoms with E-state index >= 15 is 0 Å². The second-order valence-corrected chi connectivity index (χ2v) is 7.64. The van der Waals surface area contributed by atoms with Crippen LogP contribution in [0.2, 0.25) is 5.15 Å². The molecular weight excluding hydrogens is 374 g/mol. The maximum Gasteiger partial charge on any atom is 0.264 e. The predicted octanol–water partition coefficient (Wildman–Crippen LogP) is 4.52. The Morgan fingerprint density at radius 3 is 2.80 bits per heavy atom. The number of nitrogens with zero attached hydrogens (tertiary/aromatic N) is 2. The highest BCUT2D eigenvalue weighted by molar-refractivity contribution is 7.98. The smallest absolute Gasteiger partial charge is 0.264 e. The molecule has 0 spiro atoms.